The zero-order valence-corrected chi connectivity index (χ0v) is 10.2. The van der Waals surface area contributed by atoms with Crippen molar-refractivity contribution in [3.8, 4) is 0 Å². The molecule has 2 rings (SSSR count). The summed E-state index contributed by atoms with van der Waals surface area (Å²) in [6, 6.07) is 3.50. The van der Waals surface area contributed by atoms with Crippen molar-refractivity contribution in [2.45, 2.75) is 6.92 Å². The summed E-state index contributed by atoms with van der Waals surface area (Å²) in [6.07, 6.45) is 5.07. The first-order valence-corrected chi connectivity index (χ1v) is 5.52. The fourth-order valence-electron chi connectivity index (χ4n) is 1.30. The summed E-state index contributed by atoms with van der Waals surface area (Å²) in [4.78, 5) is 18.6. The van der Waals surface area contributed by atoms with Crippen LogP contribution in [0.3, 0.4) is 0 Å². The van der Waals surface area contributed by atoms with Gasteiger partial charge in [0.15, 0.2) is 0 Å². The average Bonchev–Trinajstić information content (AvgIpc) is 2.68. The number of hydrogen-bond acceptors (Lipinski definition) is 2. The Morgan fingerprint density at radius 3 is 3.00 bits per heavy atom. The molecule has 0 aliphatic rings. The summed E-state index contributed by atoms with van der Waals surface area (Å²) in [5.41, 5.74) is 2.22. The average molecular weight is 280 g/mol. The zero-order valence-electron chi connectivity index (χ0n) is 8.62. The lowest BCUT2D eigenvalue weighted by molar-refractivity contribution is 0.102. The molecule has 0 saturated carbocycles. The van der Waals surface area contributed by atoms with E-state index in [9.17, 15) is 4.79 Å². The van der Waals surface area contributed by atoms with Gasteiger partial charge in [-0.2, -0.15) is 0 Å². The van der Waals surface area contributed by atoms with Gasteiger partial charge < -0.3 is 10.3 Å². The fourth-order valence-corrected chi connectivity index (χ4v) is 1.65. The van der Waals surface area contributed by atoms with E-state index in [1.165, 1.54) is 0 Å². The third kappa shape index (κ3) is 2.30. The molecule has 5 heteroatoms. The molecular weight excluding hydrogens is 270 g/mol. The fraction of sp³-hybridized carbons (Fsp3) is 0.0909. The van der Waals surface area contributed by atoms with E-state index in [0.717, 1.165) is 15.7 Å². The number of anilines is 1. The minimum absolute atomic E-state index is 0.167. The minimum atomic E-state index is -0.167. The first kappa shape index (κ1) is 10.9. The van der Waals surface area contributed by atoms with Crippen molar-refractivity contribution < 1.29 is 4.79 Å². The summed E-state index contributed by atoms with van der Waals surface area (Å²) in [7, 11) is 0. The van der Waals surface area contributed by atoms with Crippen molar-refractivity contribution in [2.75, 3.05) is 5.32 Å². The summed E-state index contributed by atoms with van der Waals surface area (Å²) in [6.45, 7) is 1.90. The Kier molecular flexibility index (Phi) is 3.05. The molecule has 2 N–H and O–H groups in total. The van der Waals surface area contributed by atoms with Crippen LogP contribution >= 0.6 is 15.9 Å². The first-order valence-electron chi connectivity index (χ1n) is 4.72. The van der Waals surface area contributed by atoms with Crippen molar-refractivity contribution in [3.63, 3.8) is 0 Å². The molecule has 2 heterocycles. The Labute approximate surface area is 101 Å². The lowest BCUT2D eigenvalue weighted by atomic mass is 10.2. The predicted molar refractivity (Wildman–Crippen MR) is 65.4 cm³/mol. The molecule has 1 amide bonds. The predicted octanol–water partition coefficient (Wildman–Crippen LogP) is 2.73. The maximum atomic E-state index is 11.8. The van der Waals surface area contributed by atoms with Crippen molar-refractivity contribution in [1.82, 2.24) is 9.97 Å². The lowest BCUT2D eigenvalue weighted by Gasteiger charge is -2.05. The molecule has 0 saturated heterocycles. The first-order chi connectivity index (χ1) is 7.66. The van der Waals surface area contributed by atoms with E-state index in [1.807, 2.05) is 6.92 Å². The van der Waals surface area contributed by atoms with Gasteiger partial charge >= 0.3 is 0 Å². The highest BCUT2D eigenvalue weighted by Crippen LogP contribution is 2.15. The van der Waals surface area contributed by atoms with Crippen LogP contribution in [0.25, 0.3) is 0 Å². The van der Waals surface area contributed by atoms with Crippen LogP contribution in [0, 0.1) is 6.92 Å². The van der Waals surface area contributed by atoms with Gasteiger partial charge in [0, 0.05) is 28.8 Å². The molecule has 2 aromatic heterocycles. The quantitative estimate of drug-likeness (QED) is 0.888. The summed E-state index contributed by atoms with van der Waals surface area (Å²) < 4.78 is 0.851. The number of nitrogens with zero attached hydrogens (tertiary/aromatic N) is 1. The summed E-state index contributed by atoms with van der Waals surface area (Å²) in [5, 5.41) is 2.81. The highest BCUT2D eigenvalue weighted by atomic mass is 79.9. The number of aryl methyl sites for hydroxylation is 1. The van der Waals surface area contributed by atoms with Crippen LogP contribution in [-0.4, -0.2) is 15.9 Å². The lowest BCUT2D eigenvalue weighted by Crippen LogP contribution is -2.13. The largest absolute Gasteiger partial charge is 0.356 e. The topological polar surface area (TPSA) is 57.8 Å². The number of carbonyl (C=O) groups is 1. The summed E-state index contributed by atoms with van der Waals surface area (Å²) in [5.74, 6) is -0.167. The van der Waals surface area contributed by atoms with Crippen LogP contribution in [0.1, 0.15) is 16.1 Å². The monoisotopic (exact) mass is 279 g/mol. The number of hydrogen-bond donors (Lipinski definition) is 2. The molecule has 0 bridgehead atoms. The third-order valence-corrected chi connectivity index (χ3v) is 2.62. The molecule has 0 spiro atoms. The van der Waals surface area contributed by atoms with Gasteiger partial charge in [-0.1, -0.05) is 0 Å². The number of aromatic amines is 1. The van der Waals surface area contributed by atoms with E-state index in [4.69, 9.17) is 0 Å². The van der Waals surface area contributed by atoms with Crippen LogP contribution in [-0.2, 0) is 0 Å². The molecule has 0 fully saturated rings. The Bertz CT molecular complexity index is 521. The van der Waals surface area contributed by atoms with Crippen molar-refractivity contribution in [1.29, 1.82) is 0 Å². The molecule has 0 aliphatic heterocycles. The number of H-pyrrole nitrogens is 1. The van der Waals surface area contributed by atoms with E-state index in [2.05, 4.69) is 31.2 Å². The highest BCUT2D eigenvalue weighted by Gasteiger charge is 2.09. The van der Waals surface area contributed by atoms with Gasteiger partial charge in [-0.25, -0.2) is 0 Å². The second kappa shape index (κ2) is 4.49. The van der Waals surface area contributed by atoms with Gasteiger partial charge in [0.25, 0.3) is 5.91 Å². The molecule has 16 heavy (non-hydrogen) atoms. The van der Waals surface area contributed by atoms with Crippen molar-refractivity contribution in [3.05, 3.63) is 46.5 Å². The van der Waals surface area contributed by atoms with Crippen LogP contribution in [0.4, 0.5) is 5.69 Å². The van der Waals surface area contributed by atoms with Gasteiger partial charge in [-0.15, -0.1) is 0 Å². The van der Waals surface area contributed by atoms with Gasteiger partial charge in [0.2, 0.25) is 0 Å². The van der Waals surface area contributed by atoms with Crippen LogP contribution in [0.15, 0.2) is 35.2 Å². The number of carbonyl (C=O) groups excluding carboxylic acids is 1. The maximum absolute atomic E-state index is 11.8. The Morgan fingerprint density at radius 1 is 1.56 bits per heavy atom. The molecular formula is C11H10BrN3O. The number of nitrogens with one attached hydrogen (secondary N) is 2. The third-order valence-electron chi connectivity index (χ3n) is 2.16. The van der Waals surface area contributed by atoms with E-state index in [0.29, 0.717) is 5.69 Å². The number of pyridine rings is 1. The zero-order chi connectivity index (χ0) is 11.5. The molecule has 0 radical (unpaired) electrons. The van der Waals surface area contributed by atoms with E-state index in [-0.39, 0.29) is 5.91 Å². The normalized spacial score (nSPS) is 10.1. The van der Waals surface area contributed by atoms with Crippen LogP contribution < -0.4 is 5.32 Å². The van der Waals surface area contributed by atoms with Gasteiger partial charge in [0.05, 0.1) is 0 Å². The van der Waals surface area contributed by atoms with Gasteiger partial charge in [-0.3, -0.25) is 9.78 Å². The van der Waals surface area contributed by atoms with Crippen LogP contribution in [0.5, 0.6) is 0 Å². The Balaban J connectivity index is 2.17. The number of rotatable bonds is 2. The molecule has 0 atom stereocenters. The second-order valence-electron chi connectivity index (χ2n) is 3.38. The number of amides is 1. The van der Waals surface area contributed by atoms with E-state index >= 15 is 0 Å². The number of aromatic nitrogens is 2. The van der Waals surface area contributed by atoms with Gasteiger partial charge in [0.1, 0.15) is 5.69 Å². The molecule has 0 aliphatic carbocycles. The van der Waals surface area contributed by atoms with Gasteiger partial charge in [-0.05, 0) is 40.5 Å². The molecule has 0 unspecified atom stereocenters. The number of halogens is 1. The molecule has 2 aromatic rings. The Hall–Kier alpha value is -1.62. The molecule has 0 aromatic carbocycles. The molecule has 4 nitrogen and oxygen atoms in total. The Morgan fingerprint density at radius 2 is 2.38 bits per heavy atom. The van der Waals surface area contributed by atoms with E-state index in [1.54, 1.807) is 30.7 Å². The SMILES string of the molecule is Cc1cnccc1NC(=O)c1cc(Br)c[nH]1. The molecule has 82 valence electrons. The smallest absolute Gasteiger partial charge is 0.272 e. The second-order valence-corrected chi connectivity index (χ2v) is 4.29. The van der Waals surface area contributed by atoms with Crippen molar-refractivity contribution in [2.24, 2.45) is 0 Å². The summed E-state index contributed by atoms with van der Waals surface area (Å²) >= 11 is 3.28. The maximum Gasteiger partial charge on any atom is 0.272 e. The van der Waals surface area contributed by atoms with E-state index < -0.39 is 0 Å². The highest BCUT2D eigenvalue weighted by molar-refractivity contribution is 9.10. The van der Waals surface area contributed by atoms with Crippen LogP contribution in [0.2, 0.25) is 0 Å². The standard InChI is InChI=1S/C11H10BrN3O/c1-7-5-13-3-2-9(7)15-11(16)10-4-8(12)6-14-10/h2-6,14H,1H3,(H,13,15,16). The minimum Gasteiger partial charge on any atom is -0.356 e. The van der Waals surface area contributed by atoms with Crippen molar-refractivity contribution >= 4 is 27.5 Å².